The first-order valence-corrected chi connectivity index (χ1v) is 11.4. The molecule has 4 nitrogen and oxygen atoms in total. The van der Waals surface area contributed by atoms with Gasteiger partial charge in [0.1, 0.15) is 5.69 Å². The molecule has 38 heavy (non-hydrogen) atoms. The summed E-state index contributed by atoms with van der Waals surface area (Å²) in [4.78, 5) is 16.0. The van der Waals surface area contributed by atoms with E-state index in [0.717, 1.165) is 41.0 Å². The molecule has 0 aliphatic heterocycles. The van der Waals surface area contributed by atoms with Gasteiger partial charge in [-0.1, -0.05) is 36.4 Å². The average molecular weight is 532 g/mol. The first kappa shape index (κ1) is 27.0. The SMILES string of the molecule is CC(=O)Nc1c(C)cc(Cc2nc(-c3ccc(C(F)(F)F)cc3)c(-c3ccc(C(F)(F)F)cc3)o2)cc1C. The van der Waals surface area contributed by atoms with Gasteiger partial charge in [0.05, 0.1) is 11.1 Å². The molecule has 1 amide bonds. The zero-order chi connectivity index (χ0) is 27.8. The minimum absolute atomic E-state index is 0.136. The van der Waals surface area contributed by atoms with Crippen LogP contribution in [0.3, 0.4) is 0 Å². The Kier molecular flexibility index (Phi) is 7.10. The Bertz CT molecular complexity index is 1370. The zero-order valence-electron chi connectivity index (χ0n) is 20.5. The van der Waals surface area contributed by atoms with Crippen LogP contribution < -0.4 is 5.32 Å². The summed E-state index contributed by atoms with van der Waals surface area (Å²) in [5.41, 5.74) is 2.24. The number of halogens is 6. The van der Waals surface area contributed by atoms with Gasteiger partial charge in [0.2, 0.25) is 5.91 Å². The molecule has 10 heteroatoms. The number of carbonyl (C=O) groups is 1. The second-order valence-electron chi connectivity index (χ2n) is 8.90. The second kappa shape index (κ2) is 10.00. The number of benzene rings is 3. The van der Waals surface area contributed by atoms with E-state index >= 15 is 0 Å². The van der Waals surface area contributed by atoms with Crippen molar-refractivity contribution < 1.29 is 35.6 Å². The molecule has 4 aromatic rings. The molecule has 3 aromatic carbocycles. The van der Waals surface area contributed by atoms with E-state index in [4.69, 9.17) is 4.42 Å². The molecule has 0 aliphatic carbocycles. The number of amides is 1. The molecule has 0 unspecified atom stereocenters. The number of carbonyl (C=O) groups excluding carboxylic acids is 1. The monoisotopic (exact) mass is 532 g/mol. The van der Waals surface area contributed by atoms with Crippen LogP contribution in [0.2, 0.25) is 0 Å². The van der Waals surface area contributed by atoms with Crippen molar-refractivity contribution in [3.63, 3.8) is 0 Å². The largest absolute Gasteiger partial charge is 0.440 e. The summed E-state index contributed by atoms with van der Waals surface area (Å²) in [5, 5.41) is 2.78. The summed E-state index contributed by atoms with van der Waals surface area (Å²) in [5.74, 6) is 0.150. The van der Waals surface area contributed by atoms with Crippen LogP contribution in [0.15, 0.2) is 65.1 Å². The second-order valence-corrected chi connectivity index (χ2v) is 8.90. The third-order valence-corrected chi connectivity index (χ3v) is 5.88. The Morgan fingerprint density at radius 3 is 1.74 bits per heavy atom. The molecule has 0 saturated carbocycles. The number of aromatic nitrogens is 1. The summed E-state index contributed by atoms with van der Waals surface area (Å²) in [6.07, 6.45) is -8.85. The van der Waals surface area contributed by atoms with Crippen LogP contribution in [0, 0.1) is 13.8 Å². The first-order chi connectivity index (χ1) is 17.7. The Morgan fingerprint density at radius 2 is 1.29 bits per heavy atom. The lowest BCUT2D eigenvalue weighted by atomic mass is 10.0. The molecular formula is C28H22F6N2O2. The maximum atomic E-state index is 13.1. The molecule has 0 bridgehead atoms. The molecule has 0 fully saturated rings. The van der Waals surface area contributed by atoms with E-state index in [1.165, 1.54) is 31.2 Å². The van der Waals surface area contributed by atoms with Crippen molar-refractivity contribution in [1.82, 2.24) is 4.98 Å². The normalized spacial score (nSPS) is 12.0. The van der Waals surface area contributed by atoms with E-state index in [-0.39, 0.29) is 29.7 Å². The molecule has 1 heterocycles. The van der Waals surface area contributed by atoms with Gasteiger partial charge in [-0.05, 0) is 54.8 Å². The quantitative estimate of drug-likeness (QED) is 0.264. The van der Waals surface area contributed by atoms with Gasteiger partial charge in [-0.2, -0.15) is 26.3 Å². The van der Waals surface area contributed by atoms with Crippen LogP contribution in [0.25, 0.3) is 22.6 Å². The van der Waals surface area contributed by atoms with Gasteiger partial charge >= 0.3 is 12.4 Å². The topological polar surface area (TPSA) is 55.1 Å². The summed E-state index contributed by atoms with van der Waals surface area (Å²) in [6.45, 7) is 5.07. The van der Waals surface area contributed by atoms with Crippen molar-refractivity contribution in [2.24, 2.45) is 0 Å². The summed E-state index contributed by atoms with van der Waals surface area (Å²) in [7, 11) is 0. The predicted octanol–water partition coefficient (Wildman–Crippen LogP) is 8.21. The lowest BCUT2D eigenvalue weighted by molar-refractivity contribution is -0.138. The molecule has 198 valence electrons. The summed E-state index contributed by atoms with van der Waals surface area (Å²) < 4.78 is 84.3. The van der Waals surface area contributed by atoms with Crippen LogP contribution in [0.1, 0.15) is 40.6 Å². The lowest BCUT2D eigenvalue weighted by Crippen LogP contribution is -2.09. The minimum atomic E-state index is -4.53. The standard InChI is InChI=1S/C28H22F6N2O2/c1-15-12-18(13-16(2)24(15)35-17(3)37)14-23-36-25(19-4-8-21(9-5-19)27(29,30)31)26(38-23)20-6-10-22(11-7-20)28(32,33)34/h4-13H,14H2,1-3H3,(H,35,37). The minimum Gasteiger partial charge on any atom is -0.440 e. The van der Waals surface area contributed by atoms with Crippen LogP contribution in [-0.2, 0) is 23.6 Å². The maximum absolute atomic E-state index is 13.1. The van der Waals surface area contributed by atoms with Gasteiger partial charge in [-0.25, -0.2) is 4.98 Å². The van der Waals surface area contributed by atoms with E-state index in [2.05, 4.69) is 10.3 Å². The molecule has 1 N–H and O–H groups in total. The molecular weight excluding hydrogens is 510 g/mol. The molecule has 0 spiro atoms. The van der Waals surface area contributed by atoms with Gasteiger partial charge in [0, 0.05) is 30.2 Å². The highest BCUT2D eigenvalue weighted by atomic mass is 19.4. The van der Waals surface area contributed by atoms with Crippen molar-refractivity contribution in [3.8, 4) is 22.6 Å². The molecule has 0 saturated heterocycles. The molecule has 0 radical (unpaired) electrons. The molecule has 1 aromatic heterocycles. The Balaban J connectivity index is 1.76. The van der Waals surface area contributed by atoms with E-state index < -0.39 is 23.5 Å². The summed E-state index contributed by atoms with van der Waals surface area (Å²) >= 11 is 0. The van der Waals surface area contributed by atoms with Gasteiger partial charge in [0.15, 0.2) is 11.7 Å². The predicted molar refractivity (Wildman–Crippen MR) is 130 cm³/mol. The van der Waals surface area contributed by atoms with Crippen molar-refractivity contribution in [2.45, 2.75) is 39.5 Å². The molecule has 0 atom stereocenters. The number of oxazole rings is 1. The van der Waals surface area contributed by atoms with Crippen LogP contribution in [-0.4, -0.2) is 10.9 Å². The number of nitrogens with one attached hydrogen (secondary N) is 1. The van der Waals surface area contributed by atoms with Crippen molar-refractivity contribution in [3.05, 3.63) is 94.4 Å². The third-order valence-electron chi connectivity index (χ3n) is 5.88. The number of alkyl halides is 6. The Labute approximate surface area is 214 Å². The number of aryl methyl sites for hydroxylation is 2. The highest BCUT2D eigenvalue weighted by Gasteiger charge is 2.31. The van der Waals surface area contributed by atoms with Gasteiger partial charge in [-0.15, -0.1) is 0 Å². The molecule has 0 aliphatic rings. The zero-order valence-corrected chi connectivity index (χ0v) is 20.5. The van der Waals surface area contributed by atoms with E-state index in [1.807, 2.05) is 26.0 Å². The van der Waals surface area contributed by atoms with Crippen molar-refractivity contribution in [2.75, 3.05) is 5.32 Å². The first-order valence-electron chi connectivity index (χ1n) is 11.4. The van der Waals surface area contributed by atoms with E-state index in [1.54, 1.807) is 0 Å². The number of rotatable bonds is 5. The van der Waals surface area contributed by atoms with Gasteiger partial charge < -0.3 is 9.73 Å². The molecule has 4 rings (SSSR count). The van der Waals surface area contributed by atoms with Crippen LogP contribution in [0.4, 0.5) is 32.0 Å². The number of hydrogen-bond donors (Lipinski definition) is 1. The highest BCUT2D eigenvalue weighted by Crippen LogP contribution is 2.37. The lowest BCUT2D eigenvalue weighted by Gasteiger charge is -2.12. The van der Waals surface area contributed by atoms with Crippen LogP contribution in [0.5, 0.6) is 0 Å². The van der Waals surface area contributed by atoms with Crippen molar-refractivity contribution in [1.29, 1.82) is 0 Å². The average Bonchev–Trinajstić information content (AvgIpc) is 3.24. The van der Waals surface area contributed by atoms with Crippen molar-refractivity contribution >= 4 is 11.6 Å². The van der Waals surface area contributed by atoms with Crippen LogP contribution >= 0.6 is 0 Å². The Morgan fingerprint density at radius 1 is 0.816 bits per heavy atom. The fourth-order valence-electron chi connectivity index (χ4n) is 4.16. The number of hydrogen-bond acceptors (Lipinski definition) is 3. The fourth-order valence-corrected chi connectivity index (χ4v) is 4.16. The number of anilines is 1. The summed E-state index contributed by atoms with van der Waals surface area (Å²) in [6, 6.07) is 12.3. The third kappa shape index (κ3) is 5.90. The fraction of sp³-hybridized carbons (Fsp3) is 0.214. The van der Waals surface area contributed by atoms with Gasteiger partial charge in [-0.3, -0.25) is 4.79 Å². The van der Waals surface area contributed by atoms with Gasteiger partial charge in [0.25, 0.3) is 0 Å². The maximum Gasteiger partial charge on any atom is 0.416 e. The van der Waals surface area contributed by atoms with E-state index in [9.17, 15) is 31.1 Å². The highest BCUT2D eigenvalue weighted by molar-refractivity contribution is 5.90. The Hall–Kier alpha value is -4.08. The van der Waals surface area contributed by atoms with E-state index in [0.29, 0.717) is 16.8 Å². The smallest absolute Gasteiger partial charge is 0.416 e. The number of nitrogens with zero attached hydrogens (tertiary/aromatic N) is 1.